The van der Waals surface area contributed by atoms with E-state index in [0.29, 0.717) is 5.69 Å². The predicted molar refractivity (Wildman–Crippen MR) is 119 cm³/mol. The molecule has 0 heterocycles. The number of para-hydroxylation sites is 1. The number of hydrogen-bond acceptors (Lipinski definition) is 4. The summed E-state index contributed by atoms with van der Waals surface area (Å²) in [6, 6.07) is 21.2. The van der Waals surface area contributed by atoms with Crippen LogP contribution in [0, 0.1) is 0 Å². The molecule has 0 saturated heterocycles. The highest BCUT2D eigenvalue weighted by atomic mass is 32.2. The van der Waals surface area contributed by atoms with Crippen molar-refractivity contribution in [3.05, 3.63) is 89.5 Å². The van der Waals surface area contributed by atoms with Crippen LogP contribution < -0.4 is 5.32 Å². The number of rotatable bonds is 7. The number of nitrogens with one attached hydrogen (secondary N) is 1. The van der Waals surface area contributed by atoms with Crippen molar-refractivity contribution in [1.29, 1.82) is 0 Å². The summed E-state index contributed by atoms with van der Waals surface area (Å²) in [4.78, 5) is 12.6. The highest BCUT2D eigenvalue weighted by Gasteiger charge is 2.13. The van der Waals surface area contributed by atoms with Crippen LogP contribution in [0.3, 0.4) is 0 Å². The molecule has 1 unspecified atom stereocenters. The first-order valence-corrected chi connectivity index (χ1v) is 11.4. The molecule has 156 valence electrons. The Morgan fingerprint density at radius 3 is 2.20 bits per heavy atom. The topological polar surface area (TPSA) is 83.5 Å². The van der Waals surface area contributed by atoms with Crippen molar-refractivity contribution < 1.29 is 18.3 Å². The molecule has 3 rings (SSSR count). The van der Waals surface area contributed by atoms with Crippen LogP contribution in [0.5, 0.6) is 5.75 Å². The Balaban J connectivity index is 1.63. The van der Waals surface area contributed by atoms with Gasteiger partial charge in [-0.2, -0.15) is 0 Å². The monoisotopic (exact) mass is 423 g/mol. The van der Waals surface area contributed by atoms with Gasteiger partial charge in [0.25, 0.3) is 0 Å². The van der Waals surface area contributed by atoms with E-state index in [9.17, 15) is 18.3 Å². The fourth-order valence-corrected chi connectivity index (χ4v) is 4.14. The lowest BCUT2D eigenvalue weighted by Gasteiger charge is -2.15. The van der Waals surface area contributed by atoms with E-state index in [0.717, 1.165) is 16.7 Å². The average molecular weight is 424 g/mol. The van der Waals surface area contributed by atoms with Gasteiger partial charge >= 0.3 is 0 Å². The predicted octanol–water partition coefficient (Wildman–Crippen LogP) is 4.52. The molecule has 0 spiro atoms. The van der Waals surface area contributed by atoms with Crippen LogP contribution in [0.1, 0.15) is 36.5 Å². The minimum atomic E-state index is -3.24. The lowest BCUT2D eigenvalue weighted by Crippen LogP contribution is -2.14. The van der Waals surface area contributed by atoms with E-state index in [1.54, 1.807) is 31.2 Å². The summed E-state index contributed by atoms with van der Waals surface area (Å²) in [5, 5.41) is 12.9. The number of phenols is 1. The third-order valence-corrected chi connectivity index (χ3v) is 6.88. The molecule has 0 aromatic heterocycles. The number of sulfone groups is 1. The zero-order chi connectivity index (χ0) is 21.7. The first-order valence-electron chi connectivity index (χ1n) is 9.79. The van der Waals surface area contributed by atoms with E-state index in [1.807, 2.05) is 43.3 Å². The number of aromatic hydroxyl groups is 1. The third-order valence-electron chi connectivity index (χ3n) is 5.12. The van der Waals surface area contributed by atoms with E-state index in [2.05, 4.69) is 5.32 Å². The molecule has 0 saturated carbocycles. The van der Waals surface area contributed by atoms with Gasteiger partial charge in [-0.15, -0.1) is 0 Å². The van der Waals surface area contributed by atoms with Crippen molar-refractivity contribution in [3.8, 4) is 5.75 Å². The minimum Gasteiger partial charge on any atom is -0.508 e. The van der Waals surface area contributed by atoms with Crippen LogP contribution in [0.2, 0.25) is 0 Å². The fourth-order valence-electron chi connectivity index (χ4n) is 3.26. The van der Waals surface area contributed by atoms with Gasteiger partial charge in [-0.25, -0.2) is 8.42 Å². The number of amides is 1. The lowest BCUT2D eigenvalue weighted by molar-refractivity contribution is -0.115. The summed E-state index contributed by atoms with van der Waals surface area (Å²) in [5.41, 5.74) is 3.30. The van der Waals surface area contributed by atoms with E-state index < -0.39 is 9.84 Å². The van der Waals surface area contributed by atoms with E-state index in [1.165, 1.54) is 12.1 Å². The van der Waals surface area contributed by atoms with E-state index in [-0.39, 0.29) is 34.6 Å². The summed E-state index contributed by atoms with van der Waals surface area (Å²) in [6.45, 7) is 3.62. The summed E-state index contributed by atoms with van der Waals surface area (Å²) in [7, 11) is -3.24. The average Bonchev–Trinajstić information content (AvgIpc) is 2.74. The van der Waals surface area contributed by atoms with Gasteiger partial charge in [-0.1, -0.05) is 56.3 Å². The Morgan fingerprint density at radius 1 is 0.967 bits per heavy atom. The Morgan fingerprint density at radius 2 is 1.60 bits per heavy atom. The highest BCUT2D eigenvalue weighted by molar-refractivity contribution is 7.91. The summed E-state index contributed by atoms with van der Waals surface area (Å²) >= 11 is 0. The summed E-state index contributed by atoms with van der Waals surface area (Å²) in [6.07, 6.45) is 0.155. The number of benzene rings is 3. The van der Waals surface area contributed by atoms with Gasteiger partial charge in [-0.05, 0) is 41.5 Å². The van der Waals surface area contributed by atoms with E-state index in [4.69, 9.17) is 0 Å². The Hall–Kier alpha value is -3.12. The Labute approximate surface area is 177 Å². The Kier molecular flexibility index (Phi) is 6.57. The molecule has 30 heavy (non-hydrogen) atoms. The fraction of sp³-hybridized carbons (Fsp3) is 0.208. The largest absolute Gasteiger partial charge is 0.508 e. The number of anilines is 1. The van der Waals surface area contributed by atoms with Gasteiger partial charge in [0, 0.05) is 17.2 Å². The van der Waals surface area contributed by atoms with Crippen molar-refractivity contribution in [2.75, 3.05) is 11.1 Å². The second-order valence-corrected chi connectivity index (χ2v) is 9.45. The van der Waals surface area contributed by atoms with Crippen LogP contribution in [0.4, 0.5) is 5.69 Å². The molecule has 0 bridgehead atoms. The molecule has 0 aliphatic heterocycles. The molecule has 0 radical (unpaired) electrons. The van der Waals surface area contributed by atoms with E-state index >= 15 is 0 Å². The number of carbonyl (C=O) groups excluding carboxylic acids is 1. The van der Waals surface area contributed by atoms with Crippen LogP contribution in [-0.4, -0.2) is 25.2 Å². The zero-order valence-electron chi connectivity index (χ0n) is 17.0. The number of carbonyl (C=O) groups is 1. The smallest absolute Gasteiger partial charge is 0.228 e. The standard InChI is InChI=1S/C24H25NO4S/c1-3-30(28,29)21-14-8-18(9-15-21)16-24(27)25-20-12-10-19(11-13-20)17(2)22-6-4-5-7-23(22)26/h4-15,17,26H,3,16H2,1-2H3,(H,25,27). The van der Waals surface area contributed by atoms with Gasteiger partial charge in [-0.3, -0.25) is 4.79 Å². The second kappa shape index (κ2) is 9.13. The molecule has 1 atom stereocenters. The van der Waals surface area contributed by atoms with Crippen molar-refractivity contribution in [1.82, 2.24) is 0 Å². The normalized spacial score (nSPS) is 12.3. The molecule has 3 aromatic rings. The maximum absolute atomic E-state index is 12.3. The van der Waals surface area contributed by atoms with Crippen molar-refractivity contribution >= 4 is 21.4 Å². The van der Waals surface area contributed by atoms with Gasteiger partial charge < -0.3 is 10.4 Å². The van der Waals surface area contributed by atoms with Crippen LogP contribution >= 0.6 is 0 Å². The van der Waals surface area contributed by atoms with Crippen molar-refractivity contribution in [2.45, 2.75) is 31.1 Å². The quantitative estimate of drug-likeness (QED) is 0.585. The maximum Gasteiger partial charge on any atom is 0.228 e. The third kappa shape index (κ3) is 5.07. The Bertz CT molecular complexity index is 1120. The van der Waals surface area contributed by atoms with Crippen LogP contribution in [0.25, 0.3) is 0 Å². The molecule has 0 aliphatic rings. The van der Waals surface area contributed by atoms with Gasteiger partial charge in [0.2, 0.25) is 5.91 Å². The maximum atomic E-state index is 12.3. The molecule has 0 aliphatic carbocycles. The highest BCUT2D eigenvalue weighted by Crippen LogP contribution is 2.31. The first-order chi connectivity index (χ1) is 14.3. The molecule has 3 aromatic carbocycles. The summed E-state index contributed by atoms with van der Waals surface area (Å²) < 4.78 is 23.7. The van der Waals surface area contributed by atoms with Crippen molar-refractivity contribution in [3.63, 3.8) is 0 Å². The molecule has 5 nitrogen and oxygen atoms in total. The van der Waals surface area contributed by atoms with Gasteiger partial charge in [0.1, 0.15) is 5.75 Å². The SMILES string of the molecule is CCS(=O)(=O)c1ccc(CC(=O)Nc2ccc(C(C)c3ccccc3O)cc2)cc1. The second-order valence-electron chi connectivity index (χ2n) is 7.17. The lowest BCUT2D eigenvalue weighted by atomic mass is 9.92. The van der Waals surface area contributed by atoms with Crippen LogP contribution in [-0.2, 0) is 21.1 Å². The van der Waals surface area contributed by atoms with Crippen molar-refractivity contribution in [2.24, 2.45) is 0 Å². The molecule has 1 amide bonds. The molecular formula is C24H25NO4S. The first kappa shape index (κ1) is 21.6. The number of hydrogen-bond donors (Lipinski definition) is 2. The zero-order valence-corrected chi connectivity index (χ0v) is 17.8. The molecule has 6 heteroatoms. The van der Waals surface area contributed by atoms with Crippen LogP contribution in [0.15, 0.2) is 77.7 Å². The molecule has 0 fully saturated rings. The molecule has 2 N–H and O–H groups in total. The van der Waals surface area contributed by atoms with Gasteiger partial charge in [0.15, 0.2) is 9.84 Å². The summed E-state index contributed by atoms with van der Waals surface area (Å²) in [5.74, 6) is 0.155. The number of phenolic OH excluding ortho intramolecular Hbond substituents is 1. The molecular weight excluding hydrogens is 398 g/mol. The minimum absolute atomic E-state index is 0.0221. The van der Waals surface area contributed by atoms with Gasteiger partial charge in [0.05, 0.1) is 17.1 Å².